The van der Waals surface area contributed by atoms with Gasteiger partial charge in [-0.1, -0.05) is 24.3 Å². The third kappa shape index (κ3) is 4.24. The molecule has 4 aromatic rings. The first-order chi connectivity index (χ1) is 14.1. The largest absolute Gasteiger partial charge is 0.465 e. The molecule has 0 radical (unpaired) electrons. The summed E-state index contributed by atoms with van der Waals surface area (Å²) in [6.07, 6.45) is 3.76. The van der Waals surface area contributed by atoms with Gasteiger partial charge in [0.15, 0.2) is 0 Å². The Balaban J connectivity index is 1.56. The number of methoxy groups -OCH3 is 1. The Morgan fingerprint density at radius 2 is 1.93 bits per heavy atom. The van der Waals surface area contributed by atoms with E-state index in [1.165, 1.54) is 13.2 Å². The molecule has 0 aliphatic rings. The molecule has 0 unspecified atom stereocenters. The minimum Gasteiger partial charge on any atom is -0.465 e. The van der Waals surface area contributed by atoms with Crippen molar-refractivity contribution >= 4 is 28.8 Å². The molecular weight excluding hydrogens is 367 g/mol. The van der Waals surface area contributed by atoms with E-state index in [1.807, 2.05) is 42.6 Å². The zero-order valence-corrected chi connectivity index (χ0v) is 15.9. The van der Waals surface area contributed by atoms with E-state index in [-0.39, 0.29) is 11.8 Å². The molecule has 0 aliphatic carbocycles. The van der Waals surface area contributed by atoms with Crippen LogP contribution in [0.15, 0.2) is 84.0 Å². The van der Waals surface area contributed by atoms with Crippen LogP contribution in [0, 0.1) is 5.82 Å². The monoisotopic (exact) mass is 386 g/mol. The highest BCUT2D eigenvalue weighted by Crippen LogP contribution is 2.20. The fraction of sp³-hybridized carbons (Fsp3) is 0.0833. The molecule has 0 bridgehead atoms. The van der Waals surface area contributed by atoms with Crippen molar-refractivity contribution < 1.29 is 13.9 Å². The van der Waals surface area contributed by atoms with Crippen LogP contribution in [0.2, 0.25) is 0 Å². The molecule has 1 heterocycles. The molecule has 5 heteroatoms. The van der Waals surface area contributed by atoms with Gasteiger partial charge in [0.1, 0.15) is 5.82 Å². The van der Waals surface area contributed by atoms with Crippen LogP contribution in [0.25, 0.3) is 10.9 Å². The Labute approximate surface area is 167 Å². The molecule has 4 nitrogen and oxygen atoms in total. The molecule has 0 amide bonds. The number of ether oxygens (including phenoxy) is 1. The number of benzene rings is 3. The van der Waals surface area contributed by atoms with E-state index >= 15 is 0 Å². The molecule has 0 saturated carbocycles. The lowest BCUT2D eigenvalue weighted by Crippen LogP contribution is -2.00. The fourth-order valence-electron chi connectivity index (χ4n) is 3.25. The van der Waals surface area contributed by atoms with Crippen molar-refractivity contribution in [3.63, 3.8) is 0 Å². The quantitative estimate of drug-likeness (QED) is 0.342. The van der Waals surface area contributed by atoms with Crippen LogP contribution in [0.4, 0.5) is 10.1 Å². The third-order valence-electron chi connectivity index (χ3n) is 4.67. The van der Waals surface area contributed by atoms with Gasteiger partial charge in [-0.05, 0) is 59.7 Å². The topological polar surface area (TPSA) is 43.6 Å². The van der Waals surface area contributed by atoms with Crippen LogP contribution < -0.4 is 0 Å². The van der Waals surface area contributed by atoms with Crippen LogP contribution >= 0.6 is 0 Å². The minimum absolute atomic E-state index is 0.228. The molecule has 1 aromatic heterocycles. The summed E-state index contributed by atoms with van der Waals surface area (Å²) < 4.78 is 20.3. The summed E-state index contributed by atoms with van der Waals surface area (Å²) >= 11 is 0. The first-order valence-corrected chi connectivity index (χ1v) is 9.18. The van der Waals surface area contributed by atoms with Gasteiger partial charge in [0.2, 0.25) is 0 Å². The van der Waals surface area contributed by atoms with Crippen LogP contribution in [0.3, 0.4) is 0 Å². The summed E-state index contributed by atoms with van der Waals surface area (Å²) in [7, 11) is 1.36. The van der Waals surface area contributed by atoms with Gasteiger partial charge in [-0.25, -0.2) is 9.18 Å². The molecule has 0 fully saturated rings. The average Bonchev–Trinajstić information content (AvgIpc) is 3.14. The van der Waals surface area contributed by atoms with Crippen LogP contribution in [0.1, 0.15) is 21.5 Å². The van der Waals surface area contributed by atoms with Crippen molar-refractivity contribution in [3.8, 4) is 0 Å². The Kier molecular flexibility index (Phi) is 5.20. The number of hydrogen-bond acceptors (Lipinski definition) is 3. The van der Waals surface area contributed by atoms with Gasteiger partial charge >= 0.3 is 5.97 Å². The second-order valence-electron chi connectivity index (χ2n) is 6.69. The van der Waals surface area contributed by atoms with Gasteiger partial charge in [-0.2, -0.15) is 0 Å². The Hall–Kier alpha value is -3.73. The molecule has 4 rings (SSSR count). The Morgan fingerprint density at radius 3 is 2.76 bits per heavy atom. The number of carbonyl (C=O) groups excluding carboxylic acids is 1. The zero-order chi connectivity index (χ0) is 20.2. The highest BCUT2D eigenvalue weighted by molar-refractivity contribution is 5.92. The second kappa shape index (κ2) is 8.10. The van der Waals surface area contributed by atoms with Crippen molar-refractivity contribution in [2.45, 2.75) is 6.54 Å². The molecule has 3 aromatic carbocycles. The van der Waals surface area contributed by atoms with E-state index < -0.39 is 0 Å². The van der Waals surface area contributed by atoms with E-state index in [0.29, 0.717) is 17.8 Å². The number of carbonyl (C=O) groups is 1. The molecule has 0 N–H and O–H groups in total. The highest BCUT2D eigenvalue weighted by atomic mass is 19.1. The maximum absolute atomic E-state index is 13.4. The van der Waals surface area contributed by atoms with Crippen LogP contribution in [-0.4, -0.2) is 23.9 Å². The minimum atomic E-state index is -0.386. The Bertz CT molecular complexity index is 1210. The molecule has 144 valence electrons. The highest BCUT2D eigenvalue weighted by Gasteiger charge is 2.06. The van der Waals surface area contributed by atoms with E-state index in [2.05, 4.69) is 9.56 Å². The number of halogens is 1. The molecular formula is C24H19FN2O2. The van der Waals surface area contributed by atoms with E-state index in [1.54, 1.807) is 36.5 Å². The smallest absolute Gasteiger partial charge is 0.337 e. The van der Waals surface area contributed by atoms with Crippen LogP contribution in [-0.2, 0) is 11.3 Å². The molecule has 0 aliphatic heterocycles. The van der Waals surface area contributed by atoms with Gasteiger partial charge in [-0.15, -0.1) is 0 Å². The van der Waals surface area contributed by atoms with Crippen molar-refractivity contribution in [2.75, 3.05) is 7.11 Å². The lowest BCUT2D eigenvalue weighted by atomic mass is 10.1. The summed E-state index contributed by atoms with van der Waals surface area (Å²) in [4.78, 5) is 16.1. The van der Waals surface area contributed by atoms with E-state index in [0.717, 1.165) is 22.0 Å². The van der Waals surface area contributed by atoms with E-state index in [4.69, 9.17) is 4.74 Å². The first kappa shape index (κ1) is 18.6. The molecule has 29 heavy (non-hydrogen) atoms. The molecule has 0 atom stereocenters. The standard InChI is InChI=1S/C24H19FN2O2/c1-29-24(28)20-5-3-7-22(14-20)26-15-17-8-9-23-19(12-17)10-11-27(23)16-18-4-2-6-21(25)13-18/h2-15H,16H2,1H3. The first-order valence-electron chi connectivity index (χ1n) is 9.18. The number of aromatic nitrogens is 1. The average molecular weight is 386 g/mol. The van der Waals surface area contributed by atoms with Crippen molar-refractivity contribution in [1.82, 2.24) is 4.57 Å². The van der Waals surface area contributed by atoms with Crippen LogP contribution in [0.5, 0.6) is 0 Å². The van der Waals surface area contributed by atoms with E-state index in [9.17, 15) is 9.18 Å². The maximum atomic E-state index is 13.4. The zero-order valence-electron chi connectivity index (χ0n) is 15.9. The third-order valence-corrected chi connectivity index (χ3v) is 4.67. The lowest BCUT2D eigenvalue weighted by molar-refractivity contribution is 0.0601. The fourth-order valence-corrected chi connectivity index (χ4v) is 3.25. The number of esters is 1. The van der Waals surface area contributed by atoms with Gasteiger partial charge in [0.05, 0.1) is 18.4 Å². The van der Waals surface area contributed by atoms with Gasteiger partial charge in [0, 0.05) is 29.9 Å². The number of fused-ring (bicyclic) bond motifs is 1. The van der Waals surface area contributed by atoms with Gasteiger partial charge in [0.25, 0.3) is 0 Å². The summed E-state index contributed by atoms with van der Waals surface area (Å²) in [6, 6.07) is 21.7. The summed E-state index contributed by atoms with van der Waals surface area (Å²) in [6.45, 7) is 0.606. The SMILES string of the molecule is COC(=O)c1cccc(N=Cc2ccc3c(ccn3Cc3cccc(F)c3)c2)c1. The van der Waals surface area contributed by atoms with Crippen molar-refractivity contribution in [2.24, 2.45) is 4.99 Å². The predicted octanol–water partition coefficient (Wildman–Crippen LogP) is 5.37. The van der Waals surface area contributed by atoms with Crippen molar-refractivity contribution in [1.29, 1.82) is 0 Å². The number of nitrogens with zero attached hydrogens (tertiary/aromatic N) is 2. The number of aliphatic imine (C=N–C) groups is 1. The number of hydrogen-bond donors (Lipinski definition) is 0. The summed E-state index contributed by atoms with van der Waals surface area (Å²) in [5.74, 6) is -0.614. The number of rotatable bonds is 5. The summed E-state index contributed by atoms with van der Waals surface area (Å²) in [5.41, 5.74) is 4.07. The molecule has 0 saturated heterocycles. The van der Waals surface area contributed by atoms with Gasteiger partial charge in [-0.3, -0.25) is 4.99 Å². The summed E-state index contributed by atoms with van der Waals surface area (Å²) in [5, 5.41) is 1.08. The van der Waals surface area contributed by atoms with Crippen molar-refractivity contribution in [3.05, 3.63) is 102 Å². The normalized spacial score (nSPS) is 11.2. The lowest BCUT2D eigenvalue weighted by Gasteiger charge is -2.06. The molecule has 0 spiro atoms. The predicted molar refractivity (Wildman–Crippen MR) is 112 cm³/mol. The van der Waals surface area contributed by atoms with Gasteiger partial charge < -0.3 is 9.30 Å². The second-order valence-corrected chi connectivity index (χ2v) is 6.69. The Morgan fingerprint density at radius 1 is 1.07 bits per heavy atom. The maximum Gasteiger partial charge on any atom is 0.337 e.